The number of rotatable bonds is 5. The van der Waals surface area contributed by atoms with Crippen molar-refractivity contribution < 1.29 is 23.8 Å². The molecular formula is C24H26N2O5. The average molecular weight is 422 g/mol. The Balaban J connectivity index is 1.41. The summed E-state index contributed by atoms with van der Waals surface area (Å²) in [4.78, 5) is 30.2. The van der Waals surface area contributed by atoms with E-state index in [0.29, 0.717) is 39.3 Å². The lowest BCUT2D eigenvalue weighted by Gasteiger charge is -2.38. The first-order valence-electron chi connectivity index (χ1n) is 10.8. The number of carbonyl (C=O) groups excluding carboxylic acids is 2. The van der Waals surface area contributed by atoms with Crippen molar-refractivity contribution in [2.75, 3.05) is 26.3 Å². The fourth-order valence-corrected chi connectivity index (χ4v) is 4.50. The lowest BCUT2D eigenvalue weighted by atomic mass is 10.0. The van der Waals surface area contributed by atoms with E-state index in [4.69, 9.17) is 14.2 Å². The summed E-state index contributed by atoms with van der Waals surface area (Å²) in [5.74, 6) is -0.380. The molecule has 3 aliphatic heterocycles. The van der Waals surface area contributed by atoms with Crippen molar-refractivity contribution in [2.45, 2.75) is 37.5 Å². The molecule has 2 aromatic rings. The normalized spacial score (nSPS) is 28.1. The van der Waals surface area contributed by atoms with Gasteiger partial charge in [0.1, 0.15) is 0 Å². The van der Waals surface area contributed by atoms with Crippen LogP contribution in [0.1, 0.15) is 11.1 Å². The summed E-state index contributed by atoms with van der Waals surface area (Å²) in [6.45, 7) is 2.46. The van der Waals surface area contributed by atoms with Crippen LogP contribution in [0.3, 0.4) is 0 Å². The Bertz CT molecular complexity index is 916. The van der Waals surface area contributed by atoms with Crippen LogP contribution in [0.4, 0.5) is 0 Å². The molecule has 7 heteroatoms. The van der Waals surface area contributed by atoms with Crippen LogP contribution < -0.4 is 0 Å². The van der Waals surface area contributed by atoms with Crippen LogP contribution >= 0.6 is 0 Å². The second kappa shape index (κ2) is 8.78. The van der Waals surface area contributed by atoms with Crippen LogP contribution in [-0.4, -0.2) is 72.5 Å². The highest BCUT2D eigenvalue weighted by molar-refractivity contribution is 5.92. The molecule has 0 radical (unpaired) electrons. The largest absolute Gasteiger partial charge is 0.378 e. The minimum Gasteiger partial charge on any atom is -0.378 e. The highest BCUT2D eigenvalue weighted by atomic mass is 16.7. The van der Waals surface area contributed by atoms with Crippen molar-refractivity contribution in [3.63, 3.8) is 0 Å². The first-order chi connectivity index (χ1) is 15.2. The highest BCUT2D eigenvalue weighted by Crippen LogP contribution is 2.35. The summed E-state index contributed by atoms with van der Waals surface area (Å²) >= 11 is 0. The van der Waals surface area contributed by atoms with Gasteiger partial charge >= 0.3 is 0 Å². The summed E-state index contributed by atoms with van der Waals surface area (Å²) in [6, 6.07) is 19.5. The van der Waals surface area contributed by atoms with Gasteiger partial charge in [-0.05, 0) is 17.5 Å². The molecule has 2 bridgehead atoms. The molecule has 0 saturated carbocycles. The van der Waals surface area contributed by atoms with Gasteiger partial charge in [-0.15, -0.1) is 0 Å². The molecular weight excluding hydrogens is 396 g/mol. The van der Waals surface area contributed by atoms with E-state index in [-0.39, 0.29) is 17.9 Å². The van der Waals surface area contributed by atoms with Crippen molar-refractivity contribution in [3.05, 3.63) is 71.8 Å². The predicted molar refractivity (Wildman–Crippen MR) is 112 cm³/mol. The summed E-state index contributed by atoms with van der Waals surface area (Å²) in [7, 11) is 0. The van der Waals surface area contributed by atoms with Gasteiger partial charge in [0.25, 0.3) is 11.8 Å². The number of hydrogen-bond donors (Lipinski definition) is 0. The molecule has 3 aliphatic rings. The molecule has 0 aromatic heterocycles. The number of ether oxygens (including phenoxy) is 3. The number of morpholine rings is 2. The second-order valence-corrected chi connectivity index (χ2v) is 8.13. The summed E-state index contributed by atoms with van der Waals surface area (Å²) in [5, 5.41) is 0. The van der Waals surface area contributed by atoms with E-state index in [1.165, 1.54) is 0 Å². The Morgan fingerprint density at radius 1 is 0.903 bits per heavy atom. The molecule has 31 heavy (non-hydrogen) atoms. The van der Waals surface area contributed by atoms with Crippen LogP contribution in [0.25, 0.3) is 0 Å². The molecule has 2 amide bonds. The van der Waals surface area contributed by atoms with Crippen molar-refractivity contribution in [3.8, 4) is 0 Å². The molecule has 0 spiro atoms. The van der Waals surface area contributed by atoms with Crippen molar-refractivity contribution in [1.82, 2.24) is 9.80 Å². The monoisotopic (exact) mass is 422 g/mol. The van der Waals surface area contributed by atoms with Crippen LogP contribution in [0, 0.1) is 0 Å². The maximum Gasteiger partial charge on any atom is 0.255 e. The van der Waals surface area contributed by atoms with E-state index < -0.39 is 18.5 Å². The number of carbonyl (C=O) groups is 2. The van der Waals surface area contributed by atoms with E-state index in [2.05, 4.69) is 0 Å². The molecule has 0 aliphatic carbocycles. The first kappa shape index (κ1) is 20.2. The van der Waals surface area contributed by atoms with Crippen LogP contribution in [-0.2, 0) is 36.8 Å². The zero-order chi connectivity index (χ0) is 21.2. The zero-order valence-corrected chi connectivity index (χ0v) is 17.3. The highest BCUT2D eigenvalue weighted by Gasteiger charge is 2.56. The Labute approximate surface area is 181 Å². The molecule has 2 aromatic carbocycles. The minimum atomic E-state index is -0.908. The van der Waals surface area contributed by atoms with Crippen molar-refractivity contribution in [1.29, 1.82) is 0 Å². The maximum atomic E-state index is 13.5. The molecule has 0 N–H and O–H groups in total. The van der Waals surface area contributed by atoms with E-state index in [1.54, 1.807) is 4.90 Å². The van der Waals surface area contributed by atoms with E-state index >= 15 is 0 Å². The molecule has 162 valence electrons. The summed E-state index contributed by atoms with van der Waals surface area (Å²) < 4.78 is 17.4. The van der Waals surface area contributed by atoms with Gasteiger partial charge in [0.15, 0.2) is 18.5 Å². The number of hydrogen-bond acceptors (Lipinski definition) is 5. The Morgan fingerprint density at radius 2 is 1.55 bits per heavy atom. The third-order valence-electron chi connectivity index (χ3n) is 6.13. The zero-order valence-electron chi connectivity index (χ0n) is 17.3. The van der Waals surface area contributed by atoms with Crippen molar-refractivity contribution in [2.24, 2.45) is 0 Å². The molecule has 3 heterocycles. The standard InChI is InChI=1S/C24H26N2O5/c27-22(25-11-13-29-14-12-25)20-21-23(28)26(16-18-9-5-2-6-10-18)19(24(30-20)31-21)15-17-7-3-1-4-8-17/h1-10,19-21,24H,11-16H2/t19-,20+,21-,24-/m0/s1. The van der Waals surface area contributed by atoms with Gasteiger partial charge in [0.05, 0.1) is 19.3 Å². The number of fused-ring (bicyclic) bond motifs is 2. The Kier molecular flexibility index (Phi) is 5.72. The van der Waals surface area contributed by atoms with Gasteiger partial charge in [-0.25, -0.2) is 0 Å². The molecule has 4 atom stereocenters. The Morgan fingerprint density at radius 3 is 2.23 bits per heavy atom. The predicted octanol–water partition coefficient (Wildman–Crippen LogP) is 1.61. The average Bonchev–Trinajstić information content (AvgIpc) is 3.23. The first-order valence-corrected chi connectivity index (χ1v) is 10.8. The smallest absolute Gasteiger partial charge is 0.255 e. The summed E-state index contributed by atoms with van der Waals surface area (Å²) in [6.07, 6.45) is -1.86. The van der Waals surface area contributed by atoms with Gasteiger partial charge < -0.3 is 24.0 Å². The quantitative estimate of drug-likeness (QED) is 0.732. The number of nitrogens with zero attached hydrogens (tertiary/aromatic N) is 2. The van der Waals surface area contributed by atoms with E-state index in [1.807, 2.05) is 65.6 Å². The van der Waals surface area contributed by atoms with E-state index in [9.17, 15) is 9.59 Å². The molecule has 5 rings (SSSR count). The van der Waals surface area contributed by atoms with Gasteiger partial charge in [0.2, 0.25) is 0 Å². The Hall–Kier alpha value is -2.74. The van der Waals surface area contributed by atoms with Crippen LogP contribution in [0.15, 0.2) is 60.7 Å². The molecule has 0 unspecified atom stereocenters. The third-order valence-corrected chi connectivity index (χ3v) is 6.13. The summed E-state index contributed by atoms with van der Waals surface area (Å²) in [5.41, 5.74) is 2.12. The lowest BCUT2D eigenvalue weighted by molar-refractivity contribution is -0.177. The van der Waals surface area contributed by atoms with Crippen molar-refractivity contribution >= 4 is 11.8 Å². The second-order valence-electron chi connectivity index (χ2n) is 8.13. The maximum absolute atomic E-state index is 13.5. The topological polar surface area (TPSA) is 68.3 Å². The lowest BCUT2D eigenvalue weighted by Crippen LogP contribution is -2.57. The van der Waals surface area contributed by atoms with Gasteiger partial charge in [-0.2, -0.15) is 0 Å². The van der Waals surface area contributed by atoms with Gasteiger partial charge in [0, 0.05) is 19.6 Å². The van der Waals surface area contributed by atoms with Gasteiger partial charge in [-0.1, -0.05) is 60.7 Å². The SMILES string of the molecule is O=C([C@@H]1O[C@H]2O[C@@H]1C(=O)N(Cc1ccccc1)[C@H]2Cc1ccccc1)N1CCOCC1. The van der Waals surface area contributed by atoms with E-state index in [0.717, 1.165) is 11.1 Å². The molecule has 7 nitrogen and oxygen atoms in total. The fraction of sp³-hybridized carbons (Fsp3) is 0.417. The van der Waals surface area contributed by atoms with Crippen LogP contribution in [0.5, 0.6) is 0 Å². The third kappa shape index (κ3) is 4.08. The van der Waals surface area contributed by atoms with Crippen LogP contribution in [0.2, 0.25) is 0 Å². The molecule has 3 saturated heterocycles. The fourth-order valence-electron chi connectivity index (χ4n) is 4.50. The number of amides is 2. The molecule has 3 fully saturated rings. The minimum absolute atomic E-state index is 0.190. The van der Waals surface area contributed by atoms with Gasteiger partial charge in [-0.3, -0.25) is 9.59 Å². The number of benzene rings is 2.